The zero-order valence-corrected chi connectivity index (χ0v) is 7.46. The fourth-order valence-corrected chi connectivity index (χ4v) is 0.981. The van der Waals surface area contributed by atoms with Crippen LogP contribution in [-0.2, 0) is 14.2 Å². The Morgan fingerprint density at radius 3 is 2.58 bits per heavy atom. The molecule has 0 N–H and O–H groups in total. The van der Waals surface area contributed by atoms with Crippen LogP contribution in [0, 0.1) is 5.41 Å². The van der Waals surface area contributed by atoms with Gasteiger partial charge < -0.3 is 14.2 Å². The van der Waals surface area contributed by atoms with Crippen molar-refractivity contribution >= 4 is 6.16 Å². The van der Waals surface area contributed by atoms with Gasteiger partial charge in [0.05, 0.1) is 12.0 Å². The minimum absolute atomic E-state index is 0.177. The SMILES string of the molecule is CCOCC1(C)COC(=O)OC1. The highest BCUT2D eigenvalue weighted by molar-refractivity contribution is 5.60. The first kappa shape index (κ1) is 9.32. The molecule has 0 aromatic rings. The van der Waals surface area contributed by atoms with Gasteiger partial charge >= 0.3 is 6.16 Å². The second-order valence-electron chi connectivity index (χ2n) is 3.28. The Kier molecular flexibility index (Phi) is 2.92. The molecule has 0 radical (unpaired) electrons. The first-order valence-electron chi connectivity index (χ1n) is 4.03. The molecule has 0 aliphatic carbocycles. The predicted octanol–water partition coefficient (Wildman–Crippen LogP) is 1.20. The van der Waals surface area contributed by atoms with Gasteiger partial charge in [-0.1, -0.05) is 6.92 Å². The highest BCUT2D eigenvalue weighted by Gasteiger charge is 2.33. The second-order valence-corrected chi connectivity index (χ2v) is 3.28. The zero-order valence-electron chi connectivity index (χ0n) is 7.46. The molecule has 4 heteroatoms. The number of carbonyl (C=O) groups excluding carboxylic acids is 1. The van der Waals surface area contributed by atoms with Crippen LogP contribution >= 0.6 is 0 Å². The molecule has 0 bridgehead atoms. The third-order valence-electron chi connectivity index (χ3n) is 1.73. The van der Waals surface area contributed by atoms with Crippen LogP contribution in [0.1, 0.15) is 13.8 Å². The van der Waals surface area contributed by atoms with E-state index < -0.39 is 6.16 Å². The van der Waals surface area contributed by atoms with Gasteiger partial charge in [-0.15, -0.1) is 0 Å². The average Bonchev–Trinajstić information content (AvgIpc) is 2.08. The molecule has 0 spiro atoms. The smallest absolute Gasteiger partial charge is 0.433 e. The summed E-state index contributed by atoms with van der Waals surface area (Å²) in [6.07, 6.45) is -0.580. The highest BCUT2D eigenvalue weighted by Crippen LogP contribution is 2.22. The molecular weight excluding hydrogens is 160 g/mol. The lowest BCUT2D eigenvalue weighted by Crippen LogP contribution is -2.40. The highest BCUT2D eigenvalue weighted by atomic mass is 16.7. The monoisotopic (exact) mass is 174 g/mol. The molecule has 1 aliphatic rings. The van der Waals surface area contributed by atoms with Gasteiger partial charge in [-0.05, 0) is 6.92 Å². The van der Waals surface area contributed by atoms with E-state index in [9.17, 15) is 4.79 Å². The van der Waals surface area contributed by atoms with Gasteiger partial charge in [0.25, 0.3) is 0 Å². The molecule has 0 amide bonds. The van der Waals surface area contributed by atoms with Gasteiger partial charge in [-0.2, -0.15) is 0 Å². The fourth-order valence-electron chi connectivity index (χ4n) is 0.981. The molecule has 0 aromatic carbocycles. The van der Waals surface area contributed by atoms with Gasteiger partial charge in [0, 0.05) is 6.61 Å². The number of cyclic esters (lactones) is 2. The van der Waals surface area contributed by atoms with E-state index in [0.717, 1.165) is 0 Å². The Hall–Kier alpha value is -0.770. The summed E-state index contributed by atoms with van der Waals surface area (Å²) in [5, 5.41) is 0. The maximum absolute atomic E-state index is 10.5. The van der Waals surface area contributed by atoms with Gasteiger partial charge in [-0.25, -0.2) is 4.79 Å². The first-order chi connectivity index (χ1) is 5.66. The molecule has 1 heterocycles. The van der Waals surface area contributed by atoms with Gasteiger partial charge in [-0.3, -0.25) is 0 Å². The van der Waals surface area contributed by atoms with Crippen LogP contribution < -0.4 is 0 Å². The summed E-state index contributed by atoms with van der Waals surface area (Å²) in [6.45, 7) is 5.89. The Balaban J connectivity index is 2.34. The van der Waals surface area contributed by atoms with E-state index in [1.54, 1.807) is 0 Å². The number of carbonyl (C=O) groups is 1. The van der Waals surface area contributed by atoms with Gasteiger partial charge in [0.15, 0.2) is 0 Å². The largest absolute Gasteiger partial charge is 0.508 e. The van der Waals surface area contributed by atoms with Crippen molar-refractivity contribution in [3.8, 4) is 0 Å². The molecule has 70 valence electrons. The molecule has 4 nitrogen and oxygen atoms in total. The summed E-state index contributed by atoms with van der Waals surface area (Å²) in [7, 11) is 0. The minimum Gasteiger partial charge on any atom is -0.433 e. The predicted molar refractivity (Wildman–Crippen MR) is 41.9 cm³/mol. The van der Waals surface area contributed by atoms with Gasteiger partial charge in [0.1, 0.15) is 13.2 Å². The molecule has 1 aliphatic heterocycles. The van der Waals surface area contributed by atoms with E-state index >= 15 is 0 Å². The third-order valence-corrected chi connectivity index (χ3v) is 1.73. The van der Waals surface area contributed by atoms with E-state index in [4.69, 9.17) is 14.2 Å². The lowest BCUT2D eigenvalue weighted by molar-refractivity contribution is -0.0836. The Morgan fingerprint density at radius 1 is 1.50 bits per heavy atom. The molecule has 1 rings (SSSR count). The quantitative estimate of drug-likeness (QED) is 0.603. The van der Waals surface area contributed by atoms with Crippen molar-refractivity contribution in [1.82, 2.24) is 0 Å². The van der Waals surface area contributed by atoms with Crippen molar-refractivity contribution in [2.45, 2.75) is 13.8 Å². The van der Waals surface area contributed by atoms with E-state index in [-0.39, 0.29) is 5.41 Å². The van der Waals surface area contributed by atoms with Crippen LogP contribution in [0.15, 0.2) is 0 Å². The van der Waals surface area contributed by atoms with Crippen molar-refractivity contribution in [3.63, 3.8) is 0 Å². The van der Waals surface area contributed by atoms with Crippen LogP contribution in [0.2, 0.25) is 0 Å². The fraction of sp³-hybridized carbons (Fsp3) is 0.875. The van der Waals surface area contributed by atoms with E-state index in [1.165, 1.54) is 0 Å². The lowest BCUT2D eigenvalue weighted by Gasteiger charge is -2.31. The number of hydrogen-bond acceptors (Lipinski definition) is 4. The molecule has 1 saturated heterocycles. The van der Waals surface area contributed by atoms with E-state index in [2.05, 4.69) is 0 Å². The maximum atomic E-state index is 10.5. The first-order valence-corrected chi connectivity index (χ1v) is 4.03. The standard InChI is InChI=1S/C8H14O4/c1-3-10-4-8(2)5-11-7(9)12-6-8/h3-6H2,1-2H3. The summed E-state index contributed by atoms with van der Waals surface area (Å²) in [5.74, 6) is 0. The maximum Gasteiger partial charge on any atom is 0.508 e. The van der Waals surface area contributed by atoms with Crippen molar-refractivity contribution in [2.75, 3.05) is 26.4 Å². The zero-order chi connectivity index (χ0) is 9.03. The molecular formula is C8H14O4. The molecule has 1 fully saturated rings. The molecule has 0 atom stereocenters. The van der Waals surface area contributed by atoms with E-state index in [1.807, 2.05) is 13.8 Å². The summed E-state index contributed by atoms with van der Waals surface area (Å²) in [4.78, 5) is 10.5. The van der Waals surface area contributed by atoms with Crippen LogP contribution in [0.4, 0.5) is 4.79 Å². The molecule has 0 unspecified atom stereocenters. The van der Waals surface area contributed by atoms with Gasteiger partial charge in [0.2, 0.25) is 0 Å². The summed E-state index contributed by atoms with van der Waals surface area (Å²) in [6, 6.07) is 0. The normalized spacial score (nSPS) is 21.3. The van der Waals surface area contributed by atoms with Crippen molar-refractivity contribution in [3.05, 3.63) is 0 Å². The van der Waals surface area contributed by atoms with Crippen molar-refractivity contribution in [2.24, 2.45) is 5.41 Å². The number of hydrogen-bond donors (Lipinski definition) is 0. The number of ether oxygens (including phenoxy) is 3. The molecule has 0 aromatic heterocycles. The molecule has 0 saturated carbocycles. The van der Waals surface area contributed by atoms with Crippen molar-refractivity contribution < 1.29 is 19.0 Å². The minimum atomic E-state index is -0.580. The summed E-state index contributed by atoms with van der Waals surface area (Å²) in [5.41, 5.74) is -0.177. The lowest BCUT2D eigenvalue weighted by atomic mass is 9.94. The Morgan fingerprint density at radius 2 is 2.08 bits per heavy atom. The van der Waals surface area contributed by atoms with Crippen molar-refractivity contribution in [1.29, 1.82) is 0 Å². The van der Waals surface area contributed by atoms with Crippen LogP contribution in [0.25, 0.3) is 0 Å². The Bertz CT molecular complexity index is 156. The third kappa shape index (κ3) is 2.37. The number of rotatable bonds is 3. The molecule has 12 heavy (non-hydrogen) atoms. The van der Waals surface area contributed by atoms with Crippen LogP contribution in [0.3, 0.4) is 0 Å². The van der Waals surface area contributed by atoms with Crippen LogP contribution in [-0.4, -0.2) is 32.6 Å². The summed E-state index contributed by atoms with van der Waals surface area (Å²) >= 11 is 0. The van der Waals surface area contributed by atoms with Crippen LogP contribution in [0.5, 0.6) is 0 Å². The average molecular weight is 174 g/mol. The van der Waals surface area contributed by atoms with E-state index in [0.29, 0.717) is 26.4 Å². The Labute approximate surface area is 71.8 Å². The second kappa shape index (κ2) is 3.76. The topological polar surface area (TPSA) is 44.8 Å². The summed E-state index contributed by atoms with van der Waals surface area (Å²) < 4.78 is 14.7.